The molecule has 0 unspecified atom stereocenters. The summed E-state index contributed by atoms with van der Waals surface area (Å²) >= 11 is 0.638. The molecule has 0 bridgehead atoms. The molecule has 15 heteroatoms. The molecule has 1 amide bonds. The molecule has 2 heterocycles. The first-order chi connectivity index (χ1) is 17.4. The van der Waals surface area contributed by atoms with Gasteiger partial charge in [-0.05, 0) is 42.3 Å². The summed E-state index contributed by atoms with van der Waals surface area (Å²) in [5.41, 5.74) is 1.64. The maximum Gasteiger partial charge on any atom is 0.573 e. The SMILES string of the molecule is COc1ccc(N2CCN(CCc3cc(OC(F)(F)F)cc4sc(NC(=O)C(F)(F)F)nc34)CC2)cc1.Cl. The highest BCUT2D eigenvalue weighted by atomic mass is 35.5. The lowest BCUT2D eigenvalue weighted by Gasteiger charge is -2.36. The van der Waals surface area contributed by atoms with Crippen LogP contribution in [0, 0.1) is 0 Å². The van der Waals surface area contributed by atoms with E-state index >= 15 is 0 Å². The van der Waals surface area contributed by atoms with E-state index in [4.69, 9.17) is 4.74 Å². The molecule has 0 atom stereocenters. The van der Waals surface area contributed by atoms with E-state index in [0.29, 0.717) is 36.5 Å². The number of hydrogen-bond acceptors (Lipinski definition) is 7. The van der Waals surface area contributed by atoms with Crippen LogP contribution in [-0.2, 0) is 11.2 Å². The van der Waals surface area contributed by atoms with Crippen molar-refractivity contribution < 1.29 is 40.6 Å². The highest BCUT2D eigenvalue weighted by Crippen LogP contribution is 2.35. The van der Waals surface area contributed by atoms with Gasteiger partial charge < -0.3 is 14.4 Å². The Kier molecular flexibility index (Phi) is 9.21. The van der Waals surface area contributed by atoms with Gasteiger partial charge in [-0.2, -0.15) is 13.2 Å². The second kappa shape index (κ2) is 11.8. The first-order valence-electron chi connectivity index (χ1n) is 11.1. The second-order valence-electron chi connectivity index (χ2n) is 8.22. The van der Waals surface area contributed by atoms with Crippen LogP contribution in [0.3, 0.4) is 0 Å². The molecule has 1 aliphatic heterocycles. The van der Waals surface area contributed by atoms with Gasteiger partial charge in [-0.15, -0.1) is 25.6 Å². The van der Waals surface area contributed by atoms with Crippen molar-refractivity contribution in [3.8, 4) is 11.5 Å². The normalized spacial score (nSPS) is 14.8. The summed E-state index contributed by atoms with van der Waals surface area (Å²) < 4.78 is 85.8. The standard InChI is InChI=1S/C23H22F6N4O3S.ClH/c1-35-16-4-2-15(3-5-16)33-10-8-32(9-11-33)7-6-14-12-17(36-23(27,28)29)13-18-19(14)30-21(37-18)31-20(34)22(24,25)26;/h2-5,12-13H,6-11H2,1H3,(H,30,31,34);1H. The Morgan fingerprint density at radius 3 is 2.26 bits per heavy atom. The van der Waals surface area contributed by atoms with Crippen molar-refractivity contribution in [2.24, 2.45) is 0 Å². The first-order valence-corrected chi connectivity index (χ1v) is 11.9. The number of hydrogen-bond donors (Lipinski definition) is 1. The average Bonchev–Trinajstić information content (AvgIpc) is 3.23. The number of piperazine rings is 1. The number of nitrogens with one attached hydrogen (secondary N) is 1. The number of nitrogens with zero attached hydrogens (tertiary/aromatic N) is 3. The maximum absolute atomic E-state index is 12.8. The zero-order valence-corrected chi connectivity index (χ0v) is 21.5. The van der Waals surface area contributed by atoms with Crippen LogP contribution in [0.1, 0.15) is 5.56 Å². The number of fused-ring (bicyclic) bond motifs is 1. The molecule has 2 aromatic carbocycles. The Morgan fingerprint density at radius 1 is 1.03 bits per heavy atom. The van der Waals surface area contributed by atoms with Gasteiger partial charge in [0.1, 0.15) is 11.5 Å². The fourth-order valence-electron chi connectivity index (χ4n) is 3.98. The molecule has 1 aromatic heterocycles. The minimum Gasteiger partial charge on any atom is -0.497 e. The zero-order valence-electron chi connectivity index (χ0n) is 19.9. The van der Waals surface area contributed by atoms with E-state index in [9.17, 15) is 31.1 Å². The third-order valence-corrected chi connectivity index (χ3v) is 6.68. The average molecular weight is 585 g/mol. The predicted molar refractivity (Wildman–Crippen MR) is 134 cm³/mol. The topological polar surface area (TPSA) is 66.9 Å². The summed E-state index contributed by atoms with van der Waals surface area (Å²) in [7, 11) is 1.59. The van der Waals surface area contributed by atoms with Gasteiger partial charge >= 0.3 is 18.4 Å². The van der Waals surface area contributed by atoms with Crippen LogP contribution >= 0.6 is 23.7 Å². The molecule has 3 aromatic rings. The Labute approximate surface area is 223 Å². The van der Waals surface area contributed by atoms with Crippen molar-refractivity contribution in [1.82, 2.24) is 9.88 Å². The molecule has 38 heavy (non-hydrogen) atoms. The number of alkyl halides is 6. The summed E-state index contributed by atoms with van der Waals surface area (Å²) in [6.45, 7) is 3.38. The second-order valence-corrected chi connectivity index (χ2v) is 9.26. The Bertz CT molecular complexity index is 1240. The number of thiazole rings is 1. The summed E-state index contributed by atoms with van der Waals surface area (Å²) in [5, 5.41) is 1.29. The summed E-state index contributed by atoms with van der Waals surface area (Å²) in [6.07, 6.45) is -9.79. The van der Waals surface area contributed by atoms with Crippen LogP contribution in [0.4, 0.5) is 37.2 Å². The fourth-order valence-corrected chi connectivity index (χ4v) is 4.91. The monoisotopic (exact) mass is 584 g/mol. The van der Waals surface area contributed by atoms with Gasteiger partial charge in [0, 0.05) is 44.5 Å². The molecule has 1 saturated heterocycles. The van der Waals surface area contributed by atoms with E-state index in [1.54, 1.807) is 12.4 Å². The van der Waals surface area contributed by atoms with E-state index in [2.05, 4.69) is 19.5 Å². The molecule has 1 aliphatic rings. The van der Waals surface area contributed by atoms with E-state index in [1.807, 2.05) is 24.3 Å². The van der Waals surface area contributed by atoms with Gasteiger partial charge in [-0.1, -0.05) is 11.3 Å². The number of carbonyl (C=O) groups excluding carboxylic acids is 1. The van der Waals surface area contributed by atoms with Gasteiger partial charge in [-0.3, -0.25) is 15.0 Å². The van der Waals surface area contributed by atoms with E-state index in [-0.39, 0.29) is 34.2 Å². The predicted octanol–water partition coefficient (Wildman–Crippen LogP) is 5.49. The molecule has 0 aliphatic carbocycles. The smallest absolute Gasteiger partial charge is 0.497 e. The molecule has 0 spiro atoms. The lowest BCUT2D eigenvalue weighted by Crippen LogP contribution is -2.47. The Morgan fingerprint density at radius 2 is 1.68 bits per heavy atom. The quantitative estimate of drug-likeness (QED) is 0.371. The van der Waals surface area contributed by atoms with E-state index in [1.165, 1.54) is 6.07 Å². The Balaban J connectivity index is 0.00000400. The lowest BCUT2D eigenvalue weighted by molar-refractivity contribution is -0.274. The van der Waals surface area contributed by atoms with Gasteiger partial charge in [0.15, 0.2) is 5.13 Å². The number of halogens is 7. The van der Waals surface area contributed by atoms with Gasteiger partial charge in [0.2, 0.25) is 0 Å². The molecule has 1 fully saturated rings. The third-order valence-electron chi connectivity index (χ3n) is 5.77. The lowest BCUT2D eigenvalue weighted by atomic mass is 10.1. The number of ether oxygens (including phenoxy) is 2. The van der Waals surface area contributed by atoms with Crippen molar-refractivity contribution >= 4 is 50.7 Å². The fraction of sp³-hybridized carbons (Fsp3) is 0.391. The zero-order chi connectivity index (χ0) is 26.8. The number of rotatable bonds is 7. The number of amides is 1. The van der Waals surface area contributed by atoms with Crippen molar-refractivity contribution in [3.05, 3.63) is 42.0 Å². The number of methoxy groups -OCH3 is 1. The molecular weight excluding hydrogens is 562 g/mol. The largest absolute Gasteiger partial charge is 0.573 e. The maximum atomic E-state index is 12.8. The minimum atomic E-state index is -5.13. The summed E-state index contributed by atoms with van der Waals surface area (Å²) in [4.78, 5) is 19.7. The number of benzene rings is 2. The number of anilines is 2. The highest BCUT2D eigenvalue weighted by Gasteiger charge is 2.39. The number of aromatic nitrogens is 1. The van der Waals surface area contributed by atoms with Gasteiger partial charge in [0.25, 0.3) is 0 Å². The van der Waals surface area contributed by atoms with Crippen LogP contribution in [0.15, 0.2) is 36.4 Å². The van der Waals surface area contributed by atoms with Crippen molar-refractivity contribution in [1.29, 1.82) is 0 Å². The molecule has 0 saturated carbocycles. The first kappa shape index (κ1) is 29.6. The molecule has 208 valence electrons. The molecule has 7 nitrogen and oxygen atoms in total. The van der Waals surface area contributed by atoms with Crippen molar-refractivity contribution in [2.75, 3.05) is 50.1 Å². The van der Waals surface area contributed by atoms with Crippen LogP contribution in [0.25, 0.3) is 10.2 Å². The van der Waals surface area contributed by atoms with Crippen molar-refractivity contribution in [3.63, 3.8) is 0 Å². The molecular formula is C23H23ClF6N4O3S. The Hall–Kier alpha value is -2.97. The van der Waals surface area contributed by atoms with Crippen LogP contribution < -0.4 is 19.7 Å². The molecule has 0 radical (unpaired) electrons. The molecule has 1 N–H and O–H groups in total. The molecule has 4 rings (SSSR count). The van der Waals surface area contributed by atoms with Gasteiger partial charge in [0.05, 0.1) is 17.3 Å². The third kappa shape index (κ3) is 7.54. The van der Waals surface area contributed by atoms with Crippen molar-refractivity contribution in [2.45, 2.75) is 19.0 Å². The van der Waals surface area contributed by atoms with E-state index < -0.39 is 24.2 Å². The number of carbonyl (C=O) groups is 1. The summed E-state index contributed by atoms with van der Waals surface area (Å²) in [5.74, 6) is -1.96. The minimum absolute atomic E-state index is 0. The van der Waals surface area contributed by atoms with Gasteiger partial charge in [-0.25, -0.2) is 4.98 Å². The van der Waals surface area contributed by atoms with E-state index in [0.717, 1.165) is 30.6 Å². The van der Waals surface area contributed by atoms with Crippen LogP contribution in [0.5, 0.6) is 11.5 Å². The van der Waals surface area contributed by atoms with Crippen LogP contribution in [-0.4, -0.2) is 68.2 Å². The highest BCUT2D eigenvalue weighted by molar-refractivity contribution is 7.22. The van der Waals surface area contributed by atoms with Crippen LogP contribution in [0.2, 0.25) is 0 Å². The summed E-state index contributed by atoms with van der Waals surface area (Å²) in [6, 6.07) is 9.91.